The Bertz CT molecular complexity index is 391. The number of rotatable bonds is 5. The lowest BCUT2D eigenvalue weighted by Crippen LogP contribution is -2.28. The van der Waals surface area contributed by atoms with E-state index in [1.165, 1.54) is 6.07 Å². The SMILES string of the molecule is C=CCNCC(=O)Nc1cc(C)ccc1F. The van der Waals surface area contributed by atoms with E-state index in [4.69, 9.17) is 0 Å². The summed E-state index contributed by atoms with van der Waals surface area (Å²) in [7, 11) is 0. The fraction of sp³-hybridized carbons (Fsp3) is 0.250. The number of hydrogen-bond donors (Lipinski definition) is 2. The van der Waals surface area contributed by atoms with Crippen LogP contribution in [0.3, 0.4) is 0 Å². The molecule has 1 rings (SSSR count). The van der Waals surface area contributed by atoms with Gasteiger partial charge in [-0.2, -0.15) is 0 Å². The summed E-state index contributed by atoms with van der Waals surface area (Å²) in [5, 5.41) is 5.34. The van der Waals surface area contributed by atoms with Gasteiger partial charge in [-0.15, -0.1) is 6.58 Å². The van der Waals surface area contributed by atoms with E-state index in [1.54, 1.807) is 18.2 Å². The predicted molar refractivity (Wildman–Crippen MR) is 62.8 cm³/mol. The first-order chi connectivity index (χ1) is 7.63. The summed E-state index contributed by atoms with van der Waals surface area (Å²) in [5.41, 5.74) is 1.11. The topological polar surface area (TPSA) is 41.1 Å². The van der Waals surface area contributed by atoms with E-state index >= 15 is 0 Å². The molecule has 0 radical (unpaired) electrons. The summed E-state index contributed by atoms with van der Waals surface area (Å²) in [6.45, 7) is 6.04. The third-order valence-corrected chi connectivity index (χ3v) is 1.97. The van der Waals surface area contributed by atoms with Crippen molar-refractivity contribution in [3.05, 3.63) is 42.2 Å². The van der Waals surface area contributed by atoms with Gasteiger partial charge in [-0.3, -0.25) is 4.79 Å². The molecule has 0 bridgehead atoms. The number of carbonyl (C=O) groups excluding carboxylic acids is 1. The second-order valence-electron chi connectivity index (χ2n) is 3.45. The molecule has 4 heteroatoms. The summed E-state index contributed by atoms with van der Waals surface area (Å²) in [5.74, 6) is -0.700. The lowest BCUT2D eigenvalue weighted by Gasteiger charge is -2.07. The van der Waals surface area contributed by atoms with Gasteiger partial charge in [0.2, 0.25) is 5.91 Å². The Kier molecular flexibility index (Phi) is 4.66. The lowest BCUT2D eigenvalue weighted by atomic mass is 10.2. The number of carbonyl (C=O) groups is 1. The van der Waals surface area contributed by atoms with Crippen LogP contribution >= 0.6 is 0 Å². The molecule has 0 aliphatic heterocycles. The zero-order valence-corrected chi connectivity index (χ0v) is 9.22. The molecule has 0 atom stereocenters. The number of halogens is 1. The van der Waals surface area contributed by atoms with E-state index in [9.17, 15) is 9.18 Å². The Morgan fingerprint density at radius 1 is 1.56 bits per heavy atom. The zero-order chi connectivity index (χ0) is 12.0. The average Bonchev–Trinajstić information content (AvgIpc) is 2.24. The van der Waals surface area contributed by atoms with Gasteiger partial charge in [0.1, 0.15) is 5.82 Å². The Hall–Kier alpha value is -1.68. The van der Waals surface area contributed by atoms with Crippen LogP contribution in [-0.2, 0) is 4.79 Å². The number of benzene rings is 1. The van der Waals surface area contributed by atoms with Crippen LogP contribution < -0.4 is 10.6 Å². The van der Waals surface area contributed by atoms with Gasteiger partial charge in [-0.05, 0) is 24.6 Å². The molecular formula is C12H15FN2O. The highest BCUT2D eigenvalue weighted by Crippen LogP contribution is 2.15. The van der Waals surface area contributed by atoms with Crippen molar-refractivity contribution in [2.45, 2.75) is 6.92 Å². The number of aryl methyl sites for hydroxylation is 1. The summed E-state index contributed by atoms with van der Waals surface area (Å²) in [4.78, 5) is 11.4. The quantitative estimate of drug-likeness (QED) is 0.589. The Morgan fingerprint density at radius 2 is 2.31 bits per heavy atom. The van der Waals surface area contributed by atoms with E-state index < -0.39 is 5.82 Å². The van der Waals surface area contributed by atoms with Crippen molar-refractivity contribution >= 4 is 11.6 Å². The van der Waals surface area contributed by atoms with Gasteiger partial charge >= 0.3 is 0 Å². The van der Waals surface area contributed by atoms with Crippen LogP contribution in [0.15, 0.2) is 30.9 Å². The monoisotopic (exact) mass is 222 g/mol. The van der Waals surface area contributed by atoms with Crippen LogP contribution in [0.25, 0.3) is 0 Å². The molecule has 86 valence electrons. The van der Waals surface area contributed by atoms with Crippen molar-refractivity contribution in [2.24, 2.45) is 0 Å². The summed E-state index contributed by atoms with van der Waals surface area (Å²) in [6.07, 6.45) is 1.65. The van der Waals surface area contributed by atoms with Gasteiger partial charge in [0.25, 0.3) is 0 Å². The van der Waals surface area contributed by atoms with Crippen molar-refractivity contribution in [2.75, 3.05) is 18.4 Å². The van der Waals surface area contributed by atoms with E-state index in [-0.39, 0.29) is 18.1 Å². The molecule has 1 amide bonds. The predicted octanol–water partition coefficient (Wildman–Crippen LogP) is 1.85. The Labute approximate surface area is 94.4 Å². The van der Waals surface area contributed by atoms with Gasteiger partial charge in [-0.1, -0.05) is 12.1 Å². The van der Waals surface area contributed by atoms with Crippen LogP contribution in [-0.4, -0.2) is 19.0 Å². The molecule has 0 unspecified atom stereocenters. The van der Waals surface area contributed by atoms with Crippen LogP contribution in [0, 0.1) is 12.7 Å². The minimum absolute atomic E-state index is 0.138. The molecule has 0 saturated carbocycles. The Morgan fingerprint density at radius 3 is 3.00 bits per heavy atom. The maximum absolute atomic E-state index is 13.3. The van der Waals surface area contributed by atoms with Crippen LogP contribution in [0.5, 0.6) is 0 Å². The molecule has 1 aromatic carbocycles. The number of nitrogens with one attached hydrogen (secondary N) is 2. The third kappa shape index (κ3) is 3.82. The fourth-order valence-electron chi connectivity index (χ4n) is 1.22. The molecule has 3 nitrogen and oxygen atoms in total. The van der Waals surface area contributed by atoms with Crippen molar-refractivity contribution in [1.82, 2.24) is 5.32 Å². The fourth-order valence-corrected chi connectivity index (χ4v) is 1.22. The van der Waals surface area contributed by atoms with Crippen LogP contribution in [0.4, 0.5) is 10.1 Å². The molecular weight excluding hydrogens is 207 g/mol. The maximum Gasteiger partial charge on any atom is 0.238 e. The number of amides is 1. The smallest absolute Gasteiger partial charge is 0.238 e. The lowest BCUT2D eigenvalue weighted by molar-refractivity contribution is -0.115. The molecule has 1 aromatic rings. The highest BCUT2D eigenvalue weighted by atomic mass is 19.1. The van der Waals surface area contributed by atoms with E-state index in [1.807, 2.05) is 6.92 Å². The van der Waals surface area contributed by atoms with Gasteiger partial charge in [0.15, 0.2) is 0 Å². The molecule has 0 aromatic heterocycles. The second-order valence-corrected chi connectivity index (χ2v) is 3.45. The molecule has 0 fully saturated rings. The van der Waals surface area contributed by atoms with E-state index in [0.29, 0.717) is 6.54 Å². The van der Waals surface area contributed by atoms with Gasteiger partial charge in [0.05, 0.1) is 12.2 Å². The van der Waals surface area contributed by atoms with Crippen molar-refractivity contribution in [3.63, 3.8) is 0 Å². The second kappa shape index (κ2) is 6.02. The number of hydrogen-bond acceptors (Lipinski definition) is 2. The molecule has 0 spiro atoms. The highest BCUT2D eigenvalue weighted by Gasteiger charge is 2.06. The molecule has 0 saturated heterocycles. The van der Waals surface area contributed by atoms with Crippen LogP contribution in [0.2, 0.25) is 0 Å². The molecule has 0 aliphatic carbocycles. The molecule has 0 aliphatic rings. The minimum atomic E-state index is -0.428. The minimum Gasteiger partial charge on any atom is -0.322 e. The maximum atomic E-state index is 13.3. The third-order valence-electron chi connectivity index (χ3n) is 1.97. The van der Waals surface area contributed by atoms with E-state index in [2.05, 4.69) is 17.2 Å². The van der Waals surface area contributed by atoms with Gasteiger partial charge in [-0.25, -0.2) is 4.39 Å². The first kappa shape index (κ1) is 12.4. The Balaban J connectivity index is 2.55. The molecule has 2 N–H and O–H groups in total. The summed E-state index contributed by atoms with van der Waals surface area (Å²) < 4.78 is 13.3. The number of anilines is 1. The van der Waals surface area contributed by atoms with Crippen molar-refractivity contribution in [3.8, 4) is 0 Å². The van der Waals surface area contributed by atoms with Crippen LogP contribution in [0.1, 0.15) is 5.56 Å². The standard InChI is InChI=1S/C12H15FN2O/c1-3-6-14-8-12(16)15-11-7-9(2)4-5-10(11)13/h3-5,7,14H,1,6,8H2,2H3,(H,15,16). The first-order valence-electron chi connectivity index (χ1n) is 5.01. The largest absolute Gasteiger partial charge is 0.322 e. The van der Waals surface area contributed by atoms with Crippen molar-refractivity contribution in [1.29, 1.82) is 0 Å². The normalized spacial score (nSPS) is 9.88. The van der Waals surface area contributed by atoms with Crippen molar-refractivity contribution < 1.29 is 9.18 Å². The van der Waals surface area contributed by atoms with Gasteiger partial charge < -0.3 is 10.6 Å². The summed E-state index contributed by atoms with van der Waals surface area (Å²) in [6, 6.07) is 4.59. The molecule has 16 heavy (non-hydrogen) atoms. The van der Waals surface area contributed by atoms with Gasteiger partial charge in [0, 0.05) is 6.54 Å². The molecule has 0 heterocycles. The highest BCUT2D eigenvalue weighted by molar-refractivity contribution is 5.92. The average molecular weight is 222 g/mol. The summed E-state index contributed by atoms with van der Waals surface area (Å²) >= 11 is 0. The first-order valence-corrected chi connectivity index (χ1v) is 5.01. The van der Waals surface area contributed by atoms with E-state index in [0.717, 1.165) is 5.56 Å². The zero-order valence-electron chi connectivity index (χ0n) is 9.22.